The van der Waals surface area contributed by atoms with Gasteiger partial charge in [0.1, 0.15) is 0 Å². The third-order valence-electron chi connectivity index (χ3n) is 4.41. The molecule has 2 aromatic carbocycles. The molecule has 3 rings (SSSR count). The van der Waals surface area contributed by atoms with Gasteiger partial charge in [0, 0.05) is 19.4 Å². The number of nitrogens with zero attached hydrogens (tertiary/aromatic N) is 4. The molecule has 0 atom stereocenters. The van der Waals surface area contributed by atoms with Crippen molar-refractivity contribution in [1.29, 1.82) is 5.26 Å². The Hall–Kier alpha value is -3.69. The molecular formula is C20H16F3N5O3S. The number of hydrogen-bond donors (Lipinski definition) is 1. The number of aromatic nitrogens is 2. The van der Waals surface area contributed by atoms with Crippen molar-refractivity contribution >= 4 is 21.6 Å². The molecule has 0 saturated heterocycles. The van der Waals surface area contributed by atoms with Gasteiger partial charge in [0.15, 0.2) is 0 Å². The molecule has 0 bridgehead atoms. The summed E-state index contributed by atoms with van der Waals surface area (Å²) in [6.07, 6.45) is -1.89. The fourth-order valence-corrected chi connectivity index (χ4v) is 3.93. The zero-order valence-electron chi connectivity index (χ0n) is 16.5. The van der Waals surface area contributed by atoms with Gasteiger partial charge in [-0.25, -0.2) is 13.1 Å². The summed E-state index contributed by atoms with van der Waals surface area (Å²) in [7, 11) is -2.97. The Morgan fingerprint density at radius 2 is 1.91 bits per heavy atom. The molecule has 1 amide bonds. The van der Waals surface area contributed by atoms with E-state index in [0.717, 1.165) is 19.2 Å². The van der Waals surface area contributed by atoms with Gasteiger partial charge in [0.2, 0.25) is 15.9 Å². The topological polar surface area (TPSA) is 108 Å². The van der Waals surface area contributed by atoms with Gasteiger partial charge in [0.05, 0.1) is 40.0 Å². The Morgan fingerprint density at radius 1 is 1.22 bits per heavy atom. The van der Waals surface area contributed by atoms with Crippen LogP contribution < -0.4 is 5.32 Å². The summed E-state index contributed by atoms with van der Waals surface area (Å²) in [4.78, 5) is 12.2. The number of carbonyl (C=O) groups is 1. The maximum atomic E-state index is 13.5. The van der Waals surface area contributed by atoms with E-state index in [-0.39, 0.29) is 16.1 Å². The Morgan fingerprint density at radius 3 is 2.47 bits per heavy atom. The number of anilines is 1. The van der Waals surface area contributed by atoms with Crippen molar-refractivity contribution in [3.8, 4) is 11.8 Å². The number of nitrogens with one attached hydrogen (secondary N) is 1. The van der Waals surface area contributed by atoms with Gasteiger partial charge in [-0.15, -0.1) is 0 Å². The number of amides is 1. The number of halogens is 3. The molecule has 3 aromatic rings. The molecule has 0 aliphatic carbocycles. The molecule has 32 heavy (non-hydrogen) atoms. The number of likely N-dealkylation sites (N-methyl/N-ethyl adjacent to an activating group) is 1. The molecular weight excluding hydrogens is 447 g/mol. The first kappa shape index (κ1) is 23.0. The van der Waals surface area contributed by atoms with E-state index < -0.39 is 39.9 Å². The first-order valence-corrected chi connectivity index (χ1v) is 10.4. The molecule has 0 saturated carbocycles. The van der Waals surface area contributed by atoms with Crippen LogP contribution in [0.5, 0.6) is 0 Å². The van der Waals surface area contributed by atoms with E-state index in [0.29, 0.717) is 4.31 Å². The molecule has 0 spiro atoms. The zero-order valence-corrected chi connectivity index (χ0v) is 17.4. The second-order valence-electron chi connectivity index (χ2n) is 6.62. The number of hydrogen-bond acceptors (Lipinski definition) is 5. The van der Waals surface area contributed by atoms with Crippen LogP contribution in [0.25, 0.3) is 5.69 Å². The smallest absolute Gasteiger partial charge is 0.324 e. The van der Waals surface area contributed by atoms with Gasteiger partial charge in [-0.1, -0.05) is 0 Å². The highest BCUT2D eigenvalue weighted by molar-refractivity contribution is 7.89. The van der Waals surface area contributed by atoms with Crippen LogP contribution in [0.3, 0.4) is 0 Å². The van der Waals surface area contributed by atoms with Crippen LogP contribution in [0.4, 0.5) is 18.9 Å². The maximum Gasteiger partial charge on any atom is 0.418 e. The molecule has 0 aliphatic rings. The van der Waals surface area contributed by atoms with Gasteiger partial charge >= 0.3 is 6.18 Å². The number of rotatable bonds is 6. The molecule has 0 unspecified atom stereocenters. The number of benzene rings is 2. The quantitative estimate of drug-likeness (QED) is 0.605. The monoisotopic (exact) mass is 463 g/mol. The Kier molecular flexibility index (Phi) is 6.33. The predicted molar refractivity (Wildman–Crippen MR) is 108 cm³/mol. The minimum atomic E-state index is -4.77. The molecule has 0 radical (unpaired) electrons. The lowest BCUT2D eigenvalue weighted by Crippen LogP contribution is -2.35. The highest BCUT2D eigenvalue weighted by atomic mass is 32.2. The van der Waals surface area contributed by atoms with Crippen molar-refractivity contribution in [3.63, 3.8) is 0 Å². The first-order chi connectivity index (χ1) is 15.0. The number of carbonyl (C=O) groups excluding carboxylic acids is 1. The van der Waals surface area contributed by atoms with Gasteiger partial charge in [-0.2, -0.15) is 27.8 Å². The summed E-state index contributed by atoms with van der Waals surface area (Å²) in [6, 6.07) is 11.7. The molecule has 0 fully saturated rings. The Labute approximate surface area is 181 Å². The van der Waals surface area contributed by atoms with E-state index in [4.69, 9.17) is 5.26 Å². The van der Waals surface area contributed by atoms with Crippen molar-refractivity contribution in [2.24, 2.45) is 0 Å². The second kappa shape index (κ2) is 8.81. The van der Waals surface area contributed by atoms with Gasteiger partial charge in [0.25, 0.3) is 0 Å². The third-order valence-corrected chi connectivity index (χ3v) is 6.23. The normalized spacial score (nSPS) is 11.9. The highest BCUT2D eigenvalue weighted by Gasteiger charge is 2.35. The van der Waals surface area contributed by atoms with Crippen LogP contribution in [-0.2, 0) is 21.0 Å². The van der Waals surface area contributed by atoms with E-state index in [1.807, 2.05) is 6.07 Å². The summed E-state index contributed by atoms with van der Waals surface area (Å²) < 4.78 is 67.8. The van der Waals surface area contributed by atoms with Crippen LogP contribution >= 0.6 is 0 Å². The SMILES string of the molecule is CN(CC(=O)Nc1ccc(-n2cccn2)cc1C(F)(F)F)S(=O)(=O)c1ccc(C#N)cc1. The average molecular weight is 463 g/mol. The van der Waals surface area contributed by atoms with Crippen molar-refractivity contribution in [2.45, 2.75) is 11.1 Å². The number of nitriles is 1. The molecule has 1 N–H and O–H groups in total. The lowest BCUT2D eigenvalue weighted by Gasteiger charge is -2.19. The summed E-state index contributed by atoms with van der Waals surface area (Å²) in [5.41, 5.74) is -1.22. The fourth-order valence-electron chi connectivity index (χ4n) is 2.80. The van der Waals surface area contributed by atoms with E-state index in [9.17, 15) is 26.4 Å². The molecule has 1 aromatic heterocycles. The van der Waals surface area contributed by atoms with Gasteiger partial charge in [-0.05, 0) is 48.5 Å². The standard InChI is InChI=1S/C20H16F3N5O3S/c1-27(32(30,31)16-6-3-14(12-24)4-7-16)13-19(29)26-18-8-5-15(28-10-2-9-25-28)11-17(18)20(21,22)23/h2-11H,13H2,1H3,(H,26,29). The number of alkyl halides is 3. The average Bonchev–Trinajstić information content (AvgIpc) is 3.28. The fraction of sp³-hybridized carbons (Fsp3) is 0.150. The van der Waals surface area contributed by atoms with Gasteiger partial charge in [-0.3, -0.25) is 4.79 Å². The van der Waals surface area contributed by atoms with Crippen LogP contribution in [0.2, 0.25) is 0 Å². The summed E-state index contributed by atoms with van der Waals surface area (Å²) in [5, 5.41) is 14.8. The minimum absolute atomic E-state index is 0.140. The van der Waals surface area contributed by atoms with E-state index >= 15 is 0 Å². The van der Waals surface area contributed by atoms with Crippen LogP contribution in [0, 0.1) is 11.3 Å². The molecule has 1 heterocycles. The molecule has 8 nitrogen and oxygen atoms in total. The Balaban J connectivity index is 1.79. The molecule has 166 valence electrons. The third kappa shape index (κ3) is 4.96. The van der Waals surface area contributed by atoms with E-state index in [2.05, 4.69) is 10.4 Å². The van der Waals surface area contributed by atoms with Crippen molar-refractivity contribution in [2.75, 3.05) is 18.9 Å². The van der Waals surface area contributed by atoms with E-state index in [1.54, 1.807) is 6.07 Å². The largest absolute Gasteiger partial charge is 0.418 e. The second-order valence-corrected chi connectivity index (χ2v) is 8.67. The van der Waals surface area contributed by atoms with Crippen molar-refractivity contribution < 1.29 is 26.4 Å². The van der Waals surface area contributed by atoms with Crippen LogP contribution in [0.15, 0.2) is 65.8 Å². The van der Waals surface area contributed by atoms with Crippen molar-refractivity contribution in [3.05, 3.63) is 72.1 Å². The lowest BCUT2D eigenvalue weighted by atomic mass is 10.1. The summed E-state index contributed by atoms with van der Waals surface area (Å²) in [5.74, 6) is -0.956. The van der Waals surface area contributed by atoms with Gasteiger partial charge < -0.3 is 5.32 Å². The molecule has 12 heteroatoms. The van der Waals surface area contributed by atoms with Crippen LogP contribution in [0.1, 0.15) is 11.1 Å². The Bertz CT molecular complexity index is 1270. The summed E-state index contributed by atoms with van der Waals surface area (Å²) in [6.45, 7) is -0.722. The predicted octanol–water partition coefficient (Wildman–Crippen LogP) is 3.02. The number of sulfonamides is 1. The maximum absolute atomic E-state index is 13.5. The highest BCUT2D eigenvalue weighted by Crippen LogP contribution is 2.36. The minimum Gasteiger partial charge on any atom is -0.324 e. The lowest BCUT2D eigenvalue weighted by molar-refractivity contribution is -0.137. The van der Waals surface area contributed by atoms with E-state index in [1.165, 1.54) is 47.4 Å². The summed E-state index contributed by atoms with van der Waals surface area (Å²) >= 11 is 0. The first-order valence-electron chi connectivity index (χ1n) is 9.00. The van der Waals surface area contributed by atoms with Crippen LogP contribution in [-0.4, -0.2) is 42.0 Å². The zero-order chi connectivity index (χ0) is 23.5. The van der Waals surface area contributed by atoms with Crippen molar-refractivity contribution in [1.82, 2.24) is 14.1 Å². The molecule has 0 aliphatic heterocycles.